The maximum absolute atomic E-state index is 12.9. The van der Waals surface area contributed by atoms with E-state index in [2.05, 4.69) is 27.3 Å². The van der Waals surface area contributed by atoms with Gasteiger partial charge in [-0.25, -0.2) is 9.67 Å². The zero-order chi connectivity index (χ0) is 20.9. The van der Waals surface area contributed by atoms with Crippen molar-refractivity contribution in [2.45, 2.75) is 39.3 Å². The molecule has 0 saturated carbocycles. The topological polar surface area (TPSA) is 92.7 Å². The molecule has 0 spiro atoms. The summed E-state index contributed by atoms with van der Waals surface area (Å²) >= 11 is 1.62. The summed E-state index contributed by atoms with van der Waals surface area (Å²) in [5.74, 6) is 0.330. The van der Waals surface area contributed by atoms with Crippen LogP contribution in [0.15, 0.2) is 52.8 Å². The van der Waals surface area contributed by atoms with E-state index in [1.165, 1.54) is 4.68 Å². The van der Waals surface area contributed by atoms with Crippen LogP contribution in [0.3, 0.4) is 0 Å². The monoisotopic (exact) mass is 421 g/mol. The largest absolute Gasteiger partial charge is 0.343 e. The van der Waals surface area contributed by atoms with Gasteiger partial charge in [-0.2, -0.15) is 5.10 Å². The summed E-state index contributed by atoms with van der Waals surface area (Å²) in [5, 5.41) is 10.3. The molecular weight excluding hydrogens is 398 g/mol. The number of aromatic nitrogens is 4. The van der Waals surface area contributed by atoms with Gasteiger partial charge in [-0.05, 0) is 23.9 Å². The highest BCUT2D eigenvalue weighted by atomic mass is 32.1. The molecule has 0 aliphatic heterocycles. The average Bonchev–Trinajstić information content (AvgIpc) is 3.46. The zero-order valence-corrected chi connectivity index (χ0v) is 17.5. The lowest BCUT2D eigenvalue weighted by molar-refractivity contribution is 0.0944. The van der Waals surface area contributed by atoms with Gasteiger partial charge >= 0.3 is 0 Å². The average molecular weight is 422 g/mol. The van der Waals surface area contributed by atoms with Gasteiger partial charge in [0.25, 0.3) is 11.5 Å². The number of amides is 1. The van der Waals surface area contributed by atoms with Crippen LogP contribution < -0.4 is 10.9 Å². The fraction of sp³-hybridized carbons (Fsp3) is 0.273. The molecule has 30 heavy (non-hydrogen) atoms. The number of carbonyl (C=O) groups excluding carboxylic acids is 1. The lowest BCUT2D eigenvalue weighted by Crippen LogP contribution is -2.30. The highest BCUT2D eigenvalue weighted by Gasteiger charge is 2.17. The van der Waals surface area contributed by atoms with Crippen LogP contribution in [0.1, 0.15) is 42.5 Å². The standard InChI is InChI=1S/C22H23N5O2S/c1-2-3-6-11-27-22(29)16-9-5-4-8-15(16)20(26-27)21(28)24-14-19-23-13-17(25-19)18-10-7-12-30-18/h4-5,7-10,12-13H,2-3,6,11,14H2,1H3,(H,23,25)(H,24,28). The number of hydrogen-bond donors (Lipinski definition) is 2. The Morgan fingerprint density at radius 1 is 1.17 bits per heavy atom. The number of imidazole rings is 1. The van der Waals surface area contributed by atoms with Gasteiger partial charge in [-0.3, -0.25) is 9.59 Å². The fourth-order valence-corrected chi connectivity index (χ4v) is 4.01. The number of hydrogen-bond acceptors (Lipinski definition) is 5. The Bertz CT molecular complexity index is 1210. The zero-order valence-electron chi connectivity index (χ0n) is 16.7. The van der Waals surface area contributed by atoms with Gasteiger partial charge in [0.05, 0.1) is 28.7 Å². The fourth-order valence-electron chi connectivity index (χ4n) is 3.32. The second-order valence-electron chi connectivity index (χ2n) is 7.03. The van der Waals surface area contributed by atoms with Crippen LogP contribution >= 0.6 is 11.3 Å². The molecule has 0 aliphatic carbocycles. The first-order valence-corrected chi connectivity index (χ1v) is 10.9. The number of H-pyrrole nitrogens is 1. The summed E-state index contributed by atoms with van der Waals surface area (Å²) in [6.07, 6.45) is 4.66. The maximum atomic E-state index is 12.9. The van der Waals surface area contributed by atoms with Gasteiger partial charge in [0.2, 0.25) is 0 Å². The third-order valence-electron chi connectivity index (χ3n) is 4.89. The number of unbranched alkanes of at least 4 members (excludes halogenated alkanes) is 2. The normalized spacial score (nSPS) is 11.1. The molecule has 3 heterocycles. The highest BCUT2D eigenvalue weighted by Crippen LogP contribution is 2.22. The summed E-state index contributed by atoms with van der Waals surface area (Å²) in [6.45, 7) is 2.85. The Hall–Kier alpha value is -3.26. The molecule has 0 fully saturated rings. The number of nitrogens with one attached hydrogen (secondary N) is 2. The van der Waals surface area contributed by atoms with Gasteiger partial charge in [-0.15, -0.1) is 11.3 Å². The Morgan fingerprint density at radius 2 is 2.00 bits per heavy atom. The first-order chi connectivity index (χ1) is 14.7. The van der Waals surface area contributed by atoms with Crippen LogP contribution in [-0.4, -0.2) is 25.7 Å². The van der Waals surface area contributed by atoms with Crippen molar-refractivity contribution < 1.29 is 4.79 Å². The van der Waals surface area contributed by atoms with E-state index in [1.54, 1.807) is 35.7 Å². The van der Waals surface area contributed by atoms with Crippen molar-refractivity contribution in [3.8, 4) is 10.6 Å². The molecular formula is C22H23N5O2S. The smallest absolute Gasteiger partial charge is 0.274 e. The quantitative estimate of drug-likeness (QED) is 0.421. The van der Waals surface area contributed by atoms with E-state index in [0.29, 0.717) is 23.1 Å². The second kappa shape index (κ2) is 9.04. The molecule has 1 amide bonds. The number of aryl methyl sites for hydroxylation is 1. The van der Waals surface area contributed by atoms with Crippen molar-refractivity contribution in [3.63, 3.8) is 0 Å². The first-order valence-electron chi connectivity index (χ1n) is 10.0. The molecule has 0 bridgehead atoms. The number of benzene rings is 1. The van der Waals surface area contributed by atoms with Crippen molar-refractivity contribution in [1.29, 1.82) is 0 Å². The molecule has 0 radical (unpaired) electrons. The van der Waals surface area contributed by atoms with Gasteiger partial charge in [0.15, 0.2) is 5.69 Å². The van der Waals surface area contributed by atoms with Crippen LogP contribution in [-0.2, 0) is 13.1 Å². The van der Waals surface area contributed by atoms with E-state index in [-0.39, 0.29) is 23.7 Å². The van der Waals surface area contributed by atoms with Crippen molar-refractivity contribution in [2.75, 3.05) is 0 Å². The van der Waals surface area contributed by atoms with E-state index in [9.17, 15) is 9.59 Å². The number of nitrogens with zero attached hydrogens (tertiary/aromatic N) is 3. The lowest BCUT2D eigenvalue weighted by atomic mass is 10.1. The third kappa shape index (κ3) is 4.18. The third-order valence-corrected chi connectivity index (χ3v) is 5.79. The van der Waals surface area contributed by atoms with Crippen LogP contribution in [0.2, 0.25) is 0 Å². The molecule has 0 unspecified atom stereocenters. The second-order valence-corrected chi connectivity index (χ2v) is 7.98. The van der Waals surface area contributed by atoms with Gasteiger partial charge in [-0.1, -0.05) is 44.0 Å². The molecule has 8 heteroatoms. The highest BCUT2D eigenvalue weighted by molar-refractivity contribution is 7.13. The molecule has 0 saturated heterocycles. The van der Waals surface area contributed by atoms with Crippen LogP contribution in [0.4, 0.5) is 0 Å². The Balaban J connectivity index is 1.56. The molecule has 7 nitrogen and oxygen atoms in total. The van der Waals surface area contributed by atoms with Crippen LogP contribution in [0, 0.1) is 0 Å². The minimum Gasteiger partial charge on any atom is -0.343 e. The SMILES string of the molecule is CCCCCn1nc(C(=O)NCc2ncc(-c3cccs3)[nH]2)c2ccccc2c1=O. The van der Waals surface area contributed by atoms with E-state index in [4.69, 9.17) is 0 Å². The minimum atomic E-state index is -0.329. The van der Waals surface area contributed by atoms with E-state index >= 15 is 0 Å². The number of thiophene rings is 1. The van der Waals surface area contributed by atoms with Crippen molar-refractivity contribution in [2.24, 2.45) is 0 Å². The molecule has 1 aromatic carbocycles. The summed E-state index contributed by atoms with van der Waals surface area (Å²) < 4.78 is 1.41. The Morgan fingerprint density at radius 3 is 2.77 bits per heavy atom. The Labute approximate surface area is 177 Å². The van der Waals surface area contributed by atoms with Crippen molar-refractivity contribution >= 4 is 28.0 Å². The minimum absolute atomic E-state index is 0.162. The molecule has 154 valence electrons. The summed E-state index contributed by atoms with van der Waals surface area (Å²) in [4.78, 5) is 34.3. The predicted octanol–water partition coefficient (Wildman–Crippen LogP) is 3.97. The summed E-state index contributed by atoms with van der Waals surface area (Å²) in [7, 11) is 0. The maximum Gasteiger partial charge on any atom is 0.274 e. The Kier molecular flexibility index (Phi) is 6.04. The van der Waals surface area contributed by atoms with Crippen molar-refractivity contribution in [1.82, 2.24) is 25.1 Å². The van der Waals surface area contributed by atoms with Crippen molar-refractivity contribution in [3.05, 3.63) is 69.8 Å². The number of fused-ring (bicyclic) bond motifs is 1. The molecule has 4 rings (SSSR count). The van der Waals surface area contributed by atoms with E-state index in [0.717, 1.165) is 29.8 Å². The number of carbonyl (C=O) groups is 1. The molecule has 2 N–H and O–H groups in total. The number of rotatable bonds is 8. The number of aromatic amines is 1. The molecule has 0 atom stereocenters. The predicted molar refractivity (Wildman–Crippen MR) is 119 cm³/mol. The molecule has 0 aliphatic rings. The van der Waals surface area contributed by atoms with Crippen LogP contribution in [0.5, 0.6) is 0 Å². The lowest BCUT2D eigenvalue weighted by Gasteiger charge is -2.11. The first kappa shape index (κ1) is 20.0. The summed E-state index contributed by atoms with van der Waals surface area (Å²) in [5.41, 5.74) is 1.01. The van der Waals surface area contributed by atoms with Gasteiger partial charge in [0.1, 0.15) is 5.82 Å². The molecule has 4 aromatic rings. The van der Waals surface area contributed by atoms with Gasteiger partial charge < -0.3 is 10.3 Å². The van der Waals surface area contributed by atoms with Gasteiger partial charge in [0, 0.05) is 11.9 Å². The van der Waals surface area contributed by atoms with Crippen LogP contribution in [0.25, 0.3) is 21.3 Å². The van der Waals surface area contributed by atoms with E-state index < -0.39 is 0 Å². The molecule has 3 aromatic heterocycles. The summed E-state index contributed by atoms with van der Waals surface area (Å²) in [6, 6.07) is 11.1. The van der Waals surface area contributed by atoms with E-state index in [1.807, 2.05) is 23.6 Å².